The standard InChI is InChI=1S/C39H54O11Si/c1-9-51(10-2,11-3)50-27-19-28-38(21-46-28,49-23(5)40)31-33(48-35(44)24-15-13-12-14-16-24)39(45)20-26(41)22(4)29(36(39,6)7)30(32(42)37(27,31)8)47-34(43)25-17-18-25/h12-16,25-28,30-31,33,41,45H,9-11,17-21H2,1-8H3/t26-,27-,28+,30+,31-,33-,37+,38-,39+/m0/s1. The Labute approximate surface area is 301 Å². The van der Waals surface area contributed by atoms with Crippen LogP contribution in [-0.2, 0) is 37.8 Å². The summed E-state index contributed by atoms with van der Waals surface area (Å²) in [6.45, 7) is 14.3. The van der Waals surface area contributed by atoms with Crippen molar-refractivity contribution in [3.05, 3.63) is 47.0 Å². The monoisotopic (exact) mass is 726 g/mol. The first-order valence-corrected chi connectivity index (χ1v) is 21.1. The Hall–Kier alpha value is -2.90. The second-order valence-corrected chi connectivity index (χ2v) is 20.9. The molecule has 1 aliphatic heterocycles. The molecule has 3 saturated carbocycles. The average molecular weight is 727 g/mol. The van der Waals surface area contributed by atoms with E-state index in [9.17, 15) is 24.6 Å². The molecule has 1 saturated heterocycles. The summed E-state index contributed by atoms with van der Waals surface area (Å²) in [6.07, 6.45) is -4.68. The Morgan fingerprint density at radius 2 is 1.63 bits per heavy atom. The average Bonchev–Trinajstić information content (AvgIpc) is 3.94. The molecular weight excluding hydrogens is 673 g/mol. The molecule has 1 heterocycles. The van der Waals surface area contributed by atoms with E-state index in [0.29, 0.717) is 18.4 Å². The van der Waals surface area contributed by atoms with Crippen LogP contribution in [-0.4, -0.2) is 90.6 Å². The number of esters is 3. The van der Waals surface area contributed by atoms with Crippen LogP contribution in [0.1, 0.15) is 91.4 Å². The van der Waals surface area contributed by atoms with Gasteiger partial charge in [-0.1, -0.05) is 52.8 Å². The van der Waals surface area contributed by atoms with Crippen LogP contribution in [0.2, 0.25) is 18.1 Å². The minimum atomic E-state index is -2.48. The minimum absolute atomic E-state index is 0.123. The lowest BCUT2D eigenvalue weighted by Gasteiger charge is -2.68. The summed E-state index contributed by atoms with van der Waals surface area (Å²) in [5.74, 6) is -3.99. The van der Waals surface area contributed by atoms with Gasteiger partial charge in [-0.3, -0.25) is 14.4 Å². The van der Waals surface area contributed by atoms with Crippen molar-refractivity contribution in [1.82, 2.24) is 0 Å². The Balaban J connectivity index is 1.67. The summed E-state index contributed by atoms with van der Waals surface area (Å²) < 4.78 is 32.4. The van der Waals surface area contributed by atoms with Crippen molar-refractivity contribution in [1.29, 1.82) is 0 Å². The second-order valence-electron chi connectivity index (χ2n) is 16.2. The topological polar surface area (TPSA) is 155 Å². The lowest BCUT2D eigenvalue weighted by molar-refractivity contribution is -0.344. The molecule has 11 nitrogen and oxygen atoms in total. The van der Waals surface area contributed by atoms with E-state index in [1.54, 1.807) is 58.0 Å². The first-order chi connectivity index (χ1) is 24.0. The van der Waals surface area contributed by atoms with Gasteiger partial charge in [0.1, 0.15) is 17.8 Å². The summed E-state index contributed by atoms with van der Waals surface area (Å²) >= 11 is 0. The van der Waals surface area contributed by atoms with E-state index < -0.39 is 90.5 Å². The number of benzene rings is 1. The SMILES string of the molecule is CC[Si](CC)(CC)O[C@H]1C[C@H]2OC[C@@]2(OC(C)=O)[C@H]2[C@H](OC(=O)c3ccccc3)[C@]3(O)C[C@H](O)C(C)=C([C@@H](OC(=O)C4CC4)C(=O)[C@]12C)C3(C)C. The van der Waals surface area contributed by atoms with Gasteiger partial charge in [-0.2, -0.15) is 0 Å². The van der Waals surface area contributed by atoms with E-state index >= 15 is 4.79 Å². The molecule has 5 aliphatic rings. The van der Waals surface area contributed by atoms with Crippen molar-refractivity contribution < 1.29 is 52.8 Å². The quantitative estimate of drug-likeness (QED) is 0.144. The Morgan fingerprint density at radius 3 is 2.16 bits per heavy atom. The molecule has 2 bridgehead atoms. The van der Waals surface area contributed by atoms with Gasteiger partial charge >= 0.3 is 17.9 Å². The maximum absolute atomic E-state index is 15.9. The minimum Gasteiger partial charge on any atom is -0.455 e. The molecule has 0 unspecified atom stereocenters. The zero-order valence-corrected chi connectivity index (χ0v) is 32.2. The number of Topliss-reactive ketones (excluding diaryl/α,β-unsaturated/α-hetero) is 1. The van der Waals surface area contributed by atoms with Crippen LogP contribution in [0, 0.1) is 22.7 Å². The first kappa shape index (κ1) is 37.8. The van der Waals surface area contributed by atoms with Crippen molar-refractivity contribution in [2.75, 3.05) is 6.61 Å². The molecule has 0 aromatic heterocycles. The van der Waals surface area contributed by atoms with Gasteiger partial charge in [0.15, 0.2) is 25.8 Å². The van der Waals surface area contributed by atoms with Gasteiger partial charge in [0.25, 0.3) is 0 Å². The van der Waals surface area contributed by atoms with E-state index in [-0.39, 0.29) is 36.5 Å². The first-order valence-electron chi connectivity index (χ1n) is 18.6. The molecule has 51 heavy (non-hydrogen) atoms. The summed E-state index contributed by atoms with van der Waals surface area (Å²) in [7, 11) is -2.48. The third-order valence-electron chi connectivity index (χ3n) is 13.4. The molecular formula is C39H54O11Si. The van der Waals surface area contributed by atoms with E-state index in [1.807, 2.05) is 0 Å². The van der Waals surface area contributed by atoms with Crippen LogP contribution < -0.4 is 0 Å². The number of ketones is 1. The number of fused-ring (bicyclic) bond motifs is 5. The molecule has 280 valence electrons. The molecule has 9 atom stereocenters. The fraction of sp³-hybridized carbons (Fsp3) is 0.692. The summed E-state index contributed by atoms with van der Waals surface area (Å²) in [6, 6.07) is 10.6. The highest BCUT2D eigenvalue weighted by molar-refractivity contribution is 6.73. The third-order valence-corrected chi connectivity index (χ3v) is 18.0. The van der Waals surface area contributed by atoms with Crippen molar-refractivity contribution in [2.24, 2.45) is 22.7 Å². The number of rotatable bonds is 10. The molecule has 1 aromatic carbocycles. The van der Waals surface area contributed by atoms with Crippen LogP contribution in [0.4, 0.5) is 0 Å². The fourth-order valence-corrected chi connectivity index (χ4v) is 12.7. The zero-order chi connectivity index (χ0) is 37.3. The predicted molar refractivity (Wildman–Crippen MR) is 188 cm³/mol. The van der Waals surface area contributed by atoms with Crippen molar-refractivity contribution in [2.45, 2.75) is 141 Å². The van der Waals surface area contributed by atoms with Crippen molar-refractivity contribution in [3.63, 3.8) is 0 Å². The Bertz CT molecular complexity index is 1590. The molecule has 0 spiro atoms. The van der Waals surface area contributed by atoms with Gasteiger partial charge in [-0.05, 0) is 68.1 Å². The van der Waals surface area contributed by atoms with E-state index in [4.69, 9.17) is 23.4 Å². The normalized spacial score (nSPS) is 37.2. The molecule has 0 amide bonds. The zero-order valence-electron chi connectivity index (χ0n) is 31.2. The number of hydrogen-bond acceptors (Lipinski definition) is 11. The number of aliphatic hydroxyl groups excluding tert-OH is 1. The van der Waals surface area contributed by atoms with Gasteiger partial charge in [0.05, 0.1) is 41.6 Å². The number of carbonyl (C=O) groups is 4. The molecule has 12 heteroatoms. The van der Waals surface area contributed by atoms with E-state index in [0.717, 1.165) is 18.1 Å². The maximum Gasteiger partial charge on any atom is 0.338 e. The molecule has 0 radical (unpaired) electrons. The third kappa shape index (κ3) is 5.75. The summed E-state index contributed by atoms with van der Waals surface area (Å²) in [4.78, 5) is 56.7. The summed E-state index contributed by atoms with van der Waals surface area (Å²) in [5, 5.41) is 25.1. The van der Waals surface area contributed by atoms with Gasteiger partial charge in [-0.15, -0.1) is 0 Å². The van der Waals surface area contributed by atoms with E-state index in [1.165, 1.54) is 6.92 Å². The maximum atomic E-state index is 15.9. The van der Waals surface area contributed by atoms with Crippen molar-refractivity contribution >= 4 is 32.0 Å². The van der Waals surface area contributed by atoms with Gasteiger partial charge in [0.2, 0.25) is 0 Å². The fourth-order valence-electron chi connectivity index (χ4n) is 9.72. The smallest absolute Gasteiger partial charge is 0.338 e. The molecule has 6 rings (SSSR count). The molecule has 2 N–H and O–H groups in total. The van der Waals surface area contributed by atoms with Crippen LogP contribution in [0.3, 0.4) is 0 Å². The largest absolute Gasteiger partial charge is 0.455 e. The van der Waals surface area contributed by atoms with Crippen LogP contribution in [0.25, 0.3) is 0 Å². The van der Waals surface area contributed by atoms with Gasteiger partial charge < -0.3 is 33.6 Å². The van der Waals surface area contributed by atoms with Crippen LogP contribution in [0.15, 0.2) is 41.5 Å². The highest BCUT2D eigenvalue weighted by Crippen LogP contribution is 2.65. The second kappa shape index (κ2) is 13.2. The molecule has 4 aliphatic carbocycles. The lowest BCUT2D eigenvalue weighted by Crippen LogP contribution is -2.82. The van der Waals surface area contributed by atoms with E-state index in [2.05, 4.69) is 20.8 Å². The summed E-state index contributed by atoms with van der Waals surface area (Å²) in [5.41, 5.74) is -5.73. The number of carbonyl (C=O) groups excluding carboxylic acids is 4. The van der Waals surface area contributed by atoms with Crippen LogP contribution >= 0.6 is 0 Å². The predicted octanol–water partition coefficient (Wildman–Crippen LogP) is 5.07. The van der Waals surface area contributed by atoms with Gasteiger partial charge in [-0.25, -0.2) is 4.79 Å². The lowest BCUT2D eigenvalue weighted by atomic mass is 9.44. The van der Waals surface area contributed by atoms with Crippen LogP contribution in [0.5, 0.6) is 0 Å². The Morgan fingerprint density at radius 1 is 1.00 bits per heavy atom. The highest BCUT2D eigenvalue weighted by atomic mass is 28.4. The van der Waals surface area contributed by atoms with Crippen molar-refractivity contribution in [3.8, 4) is 0 Å². The molecule has 1 aromatic rings. The highest BCUT2D eigenvalue weighted by Gasteiger charge is 2.78. The number of aliphatic hydroxyl groups is 2. The number of hydrogen-bond donors (Lipinski definition) is 2. The molecule has 4 fully saturated rings. The number of ether oxygens (including phenoxy) is 4. The van der Waals surface area contributed by atoms with Gasteiger partial charge in [0, 0.05) is 25.2 Å². The Kier molecular flexibility index (Phi) is 9.79.